The predicted molar refractivity (Wildman–Crippen MR) is 65.3 cm³/mol. The van der Waals surface area contributed by atoms with Crippen LogP contribution in [0.4, 0.5) is 0 Å². The molecule has 1 atom stereocenters. The molecule has 1 aliphatic heterocycles. The van der Waals surface area contributed by atoms with Crippen LogP contribution in [0.15, 0.2) is 16.6 Å². The van der Waals surface area contributed by atoms with E-state index in [1.54, 1.807) is 0 Å². The molecule has 1 aliphatic rings. The first-order valence-corrected chi connectivity index (χ1v) is 6.18. The van der Waals surface area contributed by atoms with Gasteiger partial charge in [-0.15, -0.1) is 0 Å². The molecule has 1 unspecified atom stereocenters. The van der Waals surface area contributed by atoms with E-state index in [2.05, 4.69) is 21.2 Å². The molecule has 0 spiro atoms. The van der Waals surface area contributed by atoms with Gasteiger partial charge in [0, 0.05) is 16.1 Å². The minimum absolute atomic E-state index is 0.443. The highest BCUT2D eigenvalue weighted by atomic mass is 79.9. The average Bonchev–Trinajstić information content (AvgIpc) is 2.71. The largest absolute Gasteiger partial charge is 0.507 e. The lowest BCUT2D eigenvalue weighted by molar-refractivity contribution is 0.457. The number of phenolic OH excluding ortho intramolecular Hbond substituents is 1. The van der Waals surface area contributed by atoms with Gasteiger partial charge in [0.05, 0.1) is 0 Å². The van der Waals surface area contributed by atoms with Gasteiger partial charge in [0.25, 0.3) is 0 Å². The number of halogens is 1. The van der Waals surface area contributed by atoms with E-state index in [-0.39, 0.29) is 0 Å². The van der Waals surface area contributed by atoms with E-state index < -0.39 is 0 Å². The third-order valence-electron chi connectivity index (χ3n) is 3.04. The van der Waals surface area contributed by atoms with Gasteiger partial charge in [0.1, 0.15) is 5.75 Å². The summed E-state index contributed by atoms with van der Waals surface area (Å²) in [5, 5.41) is 13.4. The average molecular weight is 270 g/mol. The lowest BCUT2D eigenvalue weighted by Crippen LogP contribution is -2.23. The van der Waals surface area contributed by atoms with Crippen LogP contribution < -0.4 is 5.32 Å². The van der Waals surface area contributed by atoms with Gasteiger partial charge in [-0.25, -0.2) is 0 Å². The molecular formula is C12H16BrNO. The van der Waals surface area contributed by atoms with Crippen molar-refractivity contribution < 1.29 is 5.11 Å². The number of benzene rings is 1. The standard InChI is InChI=1S/C12H16BrNO/c1-8-4-5-11(13)10(12(8)15)7-9-3-2-6-14-9/h4-5,9,14-15H,2-3,6-7H2,1H3. The number of phenols is 1. The normalized spacial score (nSPS) is 20.8. The van der Waals surface area contributed by atoms with Gasteiger partial charge >= 0.3 is 0 Å². The Bertz CT molecular complexity index is 359. The first-order chi connectivity index (χ1) is 7.18. The van der Waals surface area contributed by atoms with Gasteiger partial charge in [-0.1, -0.05) is 22.0 Å². The van der Waals surface area contributed by atoms with E-state index in [1.807, 2.05) is 19.1 Å². The van der Waals surface area contributed by atoms with Gasteiger partial charge in [-0.05, 0) is 44.4 Å². The maximum Gasteiger partial charge on any atom is 0.122 e. The molecule has 0 aliphatic carbocycles. The number of hydrogen-bond acceptors (Lipinski definition) is 2. The maximum absolute atomic E-state index is 9.98. The minimum atomic E-state index is 0.443. The molecule has 2 N–H and O–H groups in total. The lowest BCUT2D eigenvalue weighted by Gasteiger charge is -2.14. The van der Waals surface area contributed by atoms with Crippen molar-refractivity contribution in [1.29, 1.82) is 0 Å². The second kappa shape index (κ2) is 4.54. The molecule has 2 rings (SSSR count). The number of nitrogens with one attached hydrogen (secondary N) is 1. The van der Waals surface area contributed by atoms with Crippen molar-refractivity contribution in [2.75, 3.05) is 6.54 Å². The highest BCUT2D eigenvalue weighted by Crippen LogP contribution is 2.31. The zero-order chi connectivity index (χ0) is 10.8. The summed E-state index contributed by atoms with van der Waals surface area (Å²) in [5.41, 5.74) is 1.99. The summed E-state index contributed by atoms with van der Waals surface area (Å²) in [6.07, 6.45) is 3.36. The van der Waals surface area contributed by atoms with E-state index >= 15 is 0 Å². The fourth-order valence-electron chi connectivity index (χ4n) is 2.10. The van der Waals surface area contributed by atoms with Gasteiger partial charge in [-0.3, -0.25) is 0 Å². The third kappa shape index (κ3) is 2.34. The molecule has 82 valence electrons. The van der Waals surface area contributed by atoms with Crippen LogP contribution in [0.3, 0.4) is 0 Å². The summed E-state index contributed by atoms with van der Waals surface area (Å²) in [7, 11) is 0. The Balaban J connectivity index is 2.22. The molecule has 3 heteroatoms. The zero-order valence-corrected chi connectivity index (χ0v) is 10.5. The van der Waals surface area contributed by atoms with Gasteiger partial charge in [0.2, 0.25) is 0 Å². The third-order valence-corrected chi connectivity index (χ3v) is 3.78. The molecule has 1 aromatic carbocycles. The first kappa shape index (κ1) is 11.0. The summed E-state index contributed by atoms with van der Waals surface area (Å²) in [6, 6.07) is 4.47. The summed E-state index contributed by atoms with van der Waals surface area (Å²) in [6.45, 7) is 3.04. The fourth-order valence-corrected chi connectivity index (χ4v) is 2.58. The van der Waals surface area contributed by atoms with Crippen LogP contribution in [0, 0.1) is 6.92 Å². The van der Waals surface area contributed by atoms with E-state index in [4.69, 9.17) is 0 Å². The Morgan fingerprint density at radius 1 is 1.53 bits per heavy atom. The van der Waals surface area contributed by atoms with Crippen LogP contribution in [0.25, 0.3) is 0 Å². The first-order valence-electron chi connectivity index (χ1n) is 5.39. The second-order valence-electron chi connectivity index (χ2n) is 4.19. The highest BCUT2D eigenvalue weighted by molar-refractivity contribution is 9.10. The van der Waals surface area contributed by atoms with Crippen LogP contribution >= 0.6 is 15.9 Å². The van der Waals surface area contributed by atoms with Crippen LogP contribution in [-0.4, -0.2) is 17.7 Å². The Hall–Kier alpha value is -0.540. The molecule has 0 amide bonds. The molecule has 2 nitrogen and oxygen atoms in total. The Morgan fingerprint density at radius 2 is 2.33 bits per heavy atom. The van der Waals surface area contributed by atoms with Crippen LogP contribution in [0.5, 0.6) is 5.75 Å². The topological polar surface area (TPSA) is 32.3 Å². The molecule has 15 heavy (non-hydrogen) atoms. The second-order valence-corrected chi connectivity index (χ2v) is 5.04. The van der Waals surface area contributed by atoms with Crippen molar-refractivity contribution in [1.82, 2.24) is 5.32 Å². The van der Waals surface area contributed by atoms with Gasteiger partial charge < -0.3 is 10.4 Å². The van der Waals surface area contributed by atoms with E-state index in [9.17, 15) is 5.11 Å². The monoisotopic (exact) mass is 269 g/mol. The maximum atomic E-state index is 9.98. The Morgan fingerprint density at radius 3 is 3.00 bits per heavy atom. The summed E-state index contributed by atoms with van der Waals surface area (Å²) < 4.78 is 1.01. The zero-order valence-electron chi connectivity index (χ0n) is 8.89. The number of aryl methyl sites for hydroxylation is 1. The van der Waals surface area contributed by atoms with Gasteiger partial charge in [-0.2, -0.15) is 0 Å². The number of rotatable bonds is 2. The Kier molecular flexibility index (Phi) is 3.32. The van der Waals surface area contributed by atoms with Crippen molar-refractivity contribution in [2.45, 2.75) is 32.2 Å². The summed E-state index contributed by atoms with van der Waals surface area (Å²) in [4.78, 5) is 0. The highest BCUT2D eigenvalue weighted by Gasteiger charge is 2.18. The van der Waals surface area contributed by atoms with Crippen molar-refractivity contribution in [3.8, 4) is 5.75 Å². The van der Waals surface area contributed by atoms with Crippen molar-refractivity contribution in [2.24, 2.45) is 0 Å². The van der Waals surface area contributed by atoms with Gasteiger partial charge in [0.15, 0.2) is 0 Å². The summed E-state index contributed by atoms with van der Waals surface area (Å²) >= 11 is 3.50. The smallest absolute Gasteiger partial charge is 0.122 e. The molecule has 1 aromatic rings. The molecule has 1 heterocycles. The predicted octanol–water partition coefficient (Wildman–Crippen LogP) is 2.76. The molecule has 0 bridgehead atoms. The van der Waals surface area contributed by atoms with E-state index in [0.29, 0.717) is 11.8 Å². The molecule has 0 saturated carbocycles. The Labute approximate surface area is 98.8 Å². The van der Waals surface area contributed by atoms with Crippen molar-refractivity contribution in [3.05, 3.63) is 27.7 Å². The van der Waals surface area contributed by atoms with Crippen molar-refractivity contribution in [3.63, 3.8) is 0 Å². The quantitative estimate of drug-likeness (QED) is 0.866. The number of hydrogen-bond donors (Lipinski definition) is 2. The molecule has 0 aromatic heterocycles. The summed E-state index contributed by atoms with van der Waals surface area (Å²) in [5.74, 6) is 0.443. The van der Waals surface area contributed by atoms with Crippen LogP contribution in [0.1, 0.15) is 24.0 Å². The van der Waals surface area contributed by atoms with E-state index in [0.717, 1.165) is 28.6 Å². The molecule has 0 radical (unpaired) electrons. The SMILES string of the molecule is Cc1ccc(Br)c(CC2CCCN2)c1O. The number of aromatic hydroxyl groups is 1. The van der Waals surface area contributed by atoms with Crippen LogP contribution in [0.2, 0.25) is 0 Å². The van der Waals surface area contributed by atoms with Crippen molar-refractivity contribution >= 4 is 15.9 Å². The minimum Gasteiger partial charge on any atom is -0.507 e. The fraction of sp³-hybridized carbons (Fsp3) is 0.500. The molecule has 1 fully saturated rings. The lowest BCUT2D eigenvalue weighted by atomic mass is 10.0. The molecule has 1 saturated heterocycles. The van der Waals surface area contributed by atoms with E-state index in [1.165, 1.54) is 12.8 Å². The molecular weight excluding hydrogens is 254 g/mol. The van der Waals surface area contributed by atoms with Crippen LogP contribution in [-0.2, 0) is 6.42 Å².